The predicted octanol–water partition coefficient (Wildman–Crippen LogP) is 7.88. The normalized spacial score (nSPS) is 33.1. The zero-order valence-corrected chi connectivity index (χ0v) is 31.3. The highest BCUT2D eigenvalue weighted by Gasteiger charge is 2.52. The molecule has 49 heavy (non-hydrogen) atoms. The summed E-state index contributed by atoms with van der Waals surface area (Å²) in [6.07, 6.45) is 10.8. The van der Waals surface area contributed by atoms with Crippen LogP contribution in [0.15, 0.2) is 36.9 Å². The first-order valence-electron chi connectivity index (χ1n) is 19.2. The van der Waals surface area contributed by atoms with Crippen LogP contribution in [-0.2, 0) is 41.8 Å². The first kappa shape index (κ1) is 38.0. The molecule has 8 heteroatoms. The maximum Gasteiger partial charge on any atom is 0.228 e. The van der Waals surface area contributed by atoms with E-state index in [1.807, 2.05) is 30.0 Å². The molecule has 2 amide bonds. The minimum Gasteiger partial charge on any atom is -0.377 e. The maximum absolute atomic E-state index is 15.2. The van der Waals surface area contributed by atoms with E-state index in [1.165, 1.54) is 19.3 Å². The number of amides is 2. The van der Waals surface area contributed by atoms with Crippen molar-refractivity contribution in [1.29, 1.82) is 0 Å². The van der Waals surface area contributed by atoms with Gasteiger partial charge in [0.05, 0.1) is 51.7 Å². The molecule has 0 spiro atoms. The molecule has 0 aromatic heterocycles. The minimum absolute atomic E-state index is 0.0347. The molecule has 8 nitrogen and oxygen atoms in total. The summed E-state index contributed by atoms with van der Waals surface area (Å²) in [4.78, 5) is 34.2. The van der Waals surface area contributed by atoms with Gasteiger partial charge in [0, 0.05) is 24.7 Å². The van der Waals surface area contributed by atoms with Crippen LogP contribution in [0.2, 0.25) is 0 Å². The summed E-state index contributed by atoms with van der Waals surface area (Å²) in [6.45, 7) is 19.7. The molecule has 5 rings (SSSR count). The first-order chi connectivity index (χ1) is 23.5. The summed E-state index contributed by atoms with van der Waals surface area (Å²) in [7, 11) is 0. The Morgan fingerprint density at radius 1 is 0.796 bits per heavy atom. The molecular weight excluding hydrogens is 616 g/mol. The molecule has 3 heterocycles. The molecule has 1 aliphatic carbocycles. The van der Waals surface area contributed by atoms with Gasteiger partial charge in [0.2, 0.25) is 11.8 Å². The molecule has 0 bridgehead atoms. The number of carbonyl (C=O) groups is 2. The first-order valence-corrected chi connectivity index (χ1v) is 19.2. The lowest BCUT2D eigenvalue weighted by Crippen LogP contribution is -2.55. The van der Waals surface area contributed by atoms with Crippen molar-refractivity contribution < 1.29 is 28.5 Å². The minimum atomic E-state index is -0.802. The topological polar surface area (TPSA) is 77.5 Å². The SMILES string of the molecule is C=CCC1CC(CC2CCCCC2)C(=O)N2[C@@H](C(C)C)COC2(C)CCOCc2ccccc2COCCC2(C)OC[C@H](C(C)C)N2C1=O. The van der Waals surface area contributed by atoms with E-state index in [0.29, 0.717) is 71.2 Å². The Hall–Kier alpha value is -2.26. The zero-order valence-electron chi connectivity index (χ0n) is 31.3. The Kier molecular flexibility index (Phi) is 13.1. The zero-order chi connectivity index (χ0) is 35.2. The molecule has 4 unspecified atom stereocenters. The Balaban J connectivity index is 1.53. The van der Waals surface area contributed by atoms with Crippen molar-refractivity contribution in [1.82, 2.24) is 9.80 Å². The van der Waals surface area contributed by atoms with Gasteiger partial charge < -0.3 is 28.7 Å². The standard InChI is InChI=1S/C41H64N2O6/c1-8-14-32-24-35(23-31-15-10-9-11-16-31)39(45)43-37(30(4)5)28-49-41(43,7)20-22-47-26-34-18-13-12-17-33(34)25-46-21-19-40(6)42(38(32)44)36(27-48-40)29(2)3/h8,12-13,17-18,29-32,35-37H,1,9-11,14-16,19-28H2,2-7H3/t32?,35?,36-,37-,40?,41?/m1/s1. The number of ether oxygens (including phenoxy) is 4. The fourth-order valence-electron chi connectivity index (χ4n) is 8.76. The quantitative estimate of drug-likeness (QED) is 0.285. The number of nitrogens with zero attached hydrogens (tertiary/aromatic N) is 2. The van der Waals surface area contributed by atoms with Gasteiger partial charge in [-0.25, -0.2) is 0 Å². The summed E-state index contributed by atoms with van der Waals surface area (Å²) in [5.74, 6) is 0.475. The molecule has 4 aliphatic rings. The number of rotatable bonds is 6. The Morgan fingerprint density at radius 3 is 1.76 bits per heavy atom. The average molecular weight is 681 g/mol. The number of allylic oxidation sites excluding steroid dienone is 1. The van der Waals surface area contributed by atoms with Crippen molar-refractivity contribution in [3.63, 3.8) is 0 Å². The molecule has 2 saturated heterocycles. The van der Waals surface area contributed by atoms with Crippen molar-refractivity contribution in [3.8, 4) is 0 Å². The van der Waals surface area contributed by atoms with Crippen molar-refractivity contribution in [2.45, 2.75) is 142 Å². The summed E-state index contributed by atoms with van der Waals surface area (Å²) in [6, 6.07) is 8.14. The molecule has 1 aromatic carbocycles. The van der Waals surface area contributed by atoms with E-state index in [2.05, 4.69) is 58.2 Å². The summed E-state index contributed by atoms with van der Waals surface area (Å²) in [5, 5.41) is 0. The number of hydrogen-bond acceptors (Lipinski definition) is 6. The van der Waals surface area contributed by atoms with Gasteiger partial charge in [0.15, 0.2) is 0 Å². The molecule has 1 saturated carbocycles. The molecule has 1 aromatic rings. The van der Waals surface area contributed by atoms with Gasteiger partial charge in [-0.2, -0.15) is 0 Å². The molecular formula is C41H64N2O6. The molecule has 0 radical (unpaired) electrons. The van der Waals surface area contributed by atoms with E-state index < -0.39 is 11.4 Å². The van der Waals surface area contributed by atoms with E-state index in [9.17, 15) is 4.79 Å². The van der Waals surface area contributed by atoms with Gasteiger partial charge >= 0.3 is 0 Å². The van der Waals surface area contributed by atoms with Crippen LogP contribution >= 0.6 is 0 Å². The van der Waals surface area contributed by atoms with Crippen LogP contribution in [-0.4, -0.2) is 71.6 Å². The second kappa shape index (κ2) is 16.8. The van der Waals surface area contributed by atoms with Crippen LogP contribution in [0.25, 0.3) is 0 Å². The lowest BCUT2D eigenvalue weighted by atomic mass is 9.78. The Morgan fingerprint density at radius 2 is 1.29 bits per heavy atom. The van der Waals surface area contributed by atoms with Crippen LogP contribution in [0.3, 0.4) is 0 Å². The van der Waals surface area contributed by atoms with Gasteiger partial charge in [-0.15, -0.1) is 6.58 Å². The Labute approximate surface area is 296 Å². The van der Waals surface area contributed by atoms with E-state index in [-0.39, 0.29) is 47.6 Å². The van der Waals surface area contributed by atoms with Crippen LogP contribution in [0, 0.1) is 29.6 Å². The van der Waals surface area contributed by atoms with Gasteiger partial charge in [-0.1, -0.05) is 90.1 Å². The van der Waals surface area contributed by atoms with E-state index in [4.69, 9.17) is 18.9 Å². The number of carbonyl (C=O) groups excluding carboxylic acids is 2. The molecule has 6 atom stereocenters. The fourth-order valence-corrected chi connectivity index (χ4v) is 8.76. The lowest BCUT2D eigenvalue weighted by molar-refractivity contribution is -0.161. The number of benzene rings is 1. The molecule has 274 valence electrons. The highest BCUT2D eigenvalue weighted by molar-refractivity contribution is 5.83. The highest BCUT2D eigenvalue weighted by atomic mass is 16.5. The number of fused-ring (bicyclic) bond motifs is 3. The largest absolute Gasteiger partial charge is 0.377 e. The molecule has 3 fully saturated rings. The summed E-state index contributed by atoms with van der Waals surface area (Å²) >= 11 is 0. The van der Waals surface area contributed by atoms with E-state index in [1.54, 1.807) is 0 Å². The second-order valence-electron chi connectivity index (χ2n) is 16.3. The predicted molar refractivity (Wildman–Crippen MR) is 192 cm³/mol. The lowest BCUT2D eigenvalue weighted by Gasteiger charge is -2.42. The maximum atomic E-state index is 15.2. The van der Waals surface area contributed by atoms with Crippen molar-refractivity contribution in [2.75, 3.05) is 26.4 Å². The number of hydrogen-bond donors (Lipinski definition) is 0. The summed E-state index contributed by atoms with van der Waals surface area (Å²) in [5.41, 5.74) is 0.585. The second-order valence-corrected chi connectivity index (χ2v) is 16.3. The van der Waals surface area contributed by atoms with Crippen LogP contribution in [0.4, 0.5) is 0 Å². The van der Waals surface area contributed by atoms with Crippen molar-refractivity contribution in [2.24, 2.45) is 29.6 Å². The summed E-state index contributed by atoms with van der Waals surface area (Å²) < 4.78 is 25.6. The third kappa shape index (κ3) is 8.80. The van der Waals surface area contributed by atoms with Crippen LogP contribution in [0.5, 0.6) is 0 Å². The average Bonchev–Trinajstić information content (AvgIpc) is 3.62. The van der Waals surface area contributed by atoms with Gasteiger partial charge in [0.25, 0.3) is 0 Å². The fraction of sp³-hybridized carbons (Fsp3) is 0.756. The van der Waals surface area contributed by atoms with Gasteiger partial charge in [0.1, 0.15) is 11.4 Å². The van der Waals surface area contributed by atoms with Gasteiger partial charge in [-0.05, 0) is 62.0 Å². The monoisotopic (exact) mass is 680 g/mol. The smallest absolute Gasteiger partial charge is 0.228 e. The highest BCUT2D eigenvalue weighted by Crippen LogP contribution is 2.42. The van der Waals surface area contributed by atoms with Crippen molar-refractivity contribution >= 4 is 11.8 Å². The third-order valence-electron chi connectivity index (χ3n) is 11.9. The van der Waals surface area contributed by atoms with Crippen molar-refractivity contribution in [3.05, 3.63) is 48.0 Å². The van der Waals surface area contributed by atoms with Crippen LogP contribution in [0.1, 0.15) is 117 Å². The third-order valence-corrected chi connectivity index (χ3v) is 11.9. The Bertz CT molecular complexity index is 1260. The van der Waals surface area contributed by atoms with E-state index in [0.717, 1.165) is 30.4 Å². The van der Waals surface area contributed by atoms with Gasteiger partial charge in [-0.3, -0.25) is 9.59 Å². The van der Waals surface area contributed by atoms with E-state index >= 15 is 4.79 Å². The van der Waals surface area contributed by atoms with Crippen LogP contribution < -0.4 is 0 Å². The molecule has 3 aliphatic heterocycles. The molecule has 0 N–H and O–H groups in total.